The number of imidazole rings is 1. The van der Waals surface area contributed by atoms with Gasteiger partial charge in [0.05, 0.1) is 5.69 Å². The minimum Gasteiger partial charge on any atom is -0.356 e. The van der Waals surface area contributed by atoms with Crippen molar-refractivity contribution >= 4 is 27.5 Å². The van der Waals surface area contributed by atoms with Crippen molar-refractivity contribution in [3.05, 3.63) is 70.6 Å². The van der Waals surface area contributed by atoms with Crippen molar-refractivity contribution in [3.8, 4) is 0 Å². The number of hydrogen-bond acceptors (Lipinski definition) is 2. The van der Waals surface area contributed by atoms with Crippen LogP contribution in [0.5, 0.6) is 0 Å². The van der Waals surface area contributed by atoms with Crippen molar-refractivity contribution in [2.45, 2.75) is 32.1 Å². The monoisotopic (exact) mass is 399 g/mol. The molecule has 25 heavy (non-hydrogen) atoms. The van der Waals surface area contributed by atoms with Gasteiger partial charge in [-0.3, -0.25) is 4.79 Å². The van der Waals surface area contributed by atoms with E-state index in [1.165, 1.54) is 5.56 Å². The number of rotatable bonds is 8. The summed E-state index contributed by atoms with van der Waals surface area (Å²) >= 11 is 3.44. The molecule has 2 aromatic heterocycles. The van der Waals surface area contributed by atoms with E-state index >= 15 is 0 Å². The van der Waals surface area contributed by atoms with Crippen molar-refractivity contribution in [2.75, 3.05) is 6.54 Å². The van der Waals surface area contributed by atoms with Crippen molar-refractivity contribution in [3.63, 3.8) is 0 Å². The third kappa shape index (κ3) is 5.43. The van der Waals surface area contributed by atoms with Crippen LogP contribution in [0.15, 0.2) is 59.3 Å². The predicted molar refractivity (Wildman–Crippen MR) is 104 cm³/mol. The van der Waals surface area contributed by atoms with Crippen LogP contribution in [0.4, 0.5) is 0 Å². The fourth-order valence-corrected chi connectivity index (χ4v) is 3.06. The van der Waals surface area contributed by atoms with Gasteiger partial charge in [-0.05, 0) is 49.1 Å². The van der Waals surface area contributed by atoms with Crippen LogP contribution >= 0.6 is 15.9 Å². The van der Waals surface area contributed by atoms with E-state index in [-0.39, 0.29) is 5.91 Å². The highest BCUT2D eigenvalue weighted by atomic mass is 79.9. The smallest absolute Gasteiger partial charge is 0.220 e. The van der Waals surface area contributed by atoms with Gasteiger partial charge in [-0.25, -0.2) is 4.98 Å². The summed E-state index contributed by atoms with van der Waals surface area (Å²) in [5.41, 5.74) is 3.26. The fraction of sp³-hybridized carbons (Fsp3) is 0.300. The molecule has 130 valence electrons. The normalized spacial score (nSPS) is 10.9. The van der Waals surface area contributed by atoms with Gasteiger partial charge in [0, 0.05) is 36.3 Å². The highest BCUT2D eigenvalue weighted by Gasteiger charge is 2.04. The van der Waals surface area contributed by atoms with E-state index in [4.69, 9.17) is 0 Å². The van der Waals surface area contributed by atoms with E-state index in [1.54, 1.807) is 0 Å². The van der Waals surface area contributed by atoms with Crippen LogP contribution in [-0.4, -0.2) is 21.8 Å². The number of amides is 1. The summed E-state index contributed by atoms with van der Waals surface area (Å²) in [4.78, 5) is 16.5. The largest absolute Gasteiger partial charge is 0.356 e. The average Bonchev–Trinajstić information content (AvgIpc) is 3.03. The molecule has 0 saturated carbocycles. The second kappa shape index (κ2) is 8.81. The number of hydrogen-bond donors (Lipinski definition) is 1. The molecule has 0 radical (unpaired) electrons. The van der Waals surface area contributed by atoms with Crippen molar-refractivity contribution in [1.29, 1.82) is 0 Å². The Morgan fingerprint density at radius 2 is 1.92 bits per heavy atom. The molecule has 0 atom stereocenters. The van der Waals surface area contributed by atoms with E-state index in [0.29, 0.717) is 13.0 Å². The molecular weight excluding hydrogens is 378 g/mol. The minimum absolute atomic E-state index is 0.125. The van der Waals surface area contributed by atoms with E-state index in [9.17, 15) is 4.79 Å². The number of aromatic nitrogens is 2. The maximum absolute atomic E-state index is 11.9. The third-order valence-electron chi connectivity index (χ3n) is 4.15. The predicted octanol–water partition coefficient (Wildman–Crippen LogP) is 4.17. The van der Waals surface area contributed by atoms with E-state index < -0.39 is 0 Å². The zero-order valence-electron chi connectivity index (χ0n) is 14.1. The molecule has 0 fully saturated rings. The standard InChI is InChI=1S/C20H22BrN3O/c21-17-10-8-16(9-11-17)5-1-2-7-20(25)22-13-12-18-15-24-14-4-3-6-19(24)23-18/h3-4,6,8-11,14-15H,1-2,5,7,12-13H2,(H,22,25). The van der Waals surface area contributed by atoms with Crippen LogP contribution in [0.1, 0.15) is 30.5 Å². The Hall–Kier alpha value is -2.14. The number of nitrogens with zero attached hydrogens (tertiary/aromatic N) is 2. The lowest BCUT2D eigenvalue weighted by molar-refractivity contribution is -0.121. The Kier molecular flexibility index (Phi) is 6.23. The SMILES string of the molecule is O=C(CCCCc1ccc(Br)cc1)NCCc1cn2ccccc2n1. The molecule has 0 unspecified atom stereocenters. The number of carbonyl (C=O) groups excluding carboxylic acids is 1. The molecule has 2 heterocycles. The Bertz CT molecular complexity index is 793. The first-order valence-corrected chi connectivity index (χ1v) is 9.44. The summed E-state index contributed by atoms with van der Waals surface area (Å²) < 4.78 is 3.10. The molecule has 0 spiro atoms. The lowest BCUT2D eigenvalue weighted by atomic mass is 10.1. The van der Waals surface area contributed by atoms with E-state index in [0.717, 1.165) is 41.5 Å². The number of halogens is 1. The molecular formula is C20H22BrN3O. The summed E-state index contributed by atoms with van der Waals surface area (Å²) in [6.45, 7) is 0.634. The van der Waals surface area contributed by atoms with Gasteiger partial charge in [-0.1, -0.05) is 34.1 Å². The topological polar surface area (TPSA) is 46.4 Å². The van der Waals surface area contributed by atoms with Crippen LogP contribution in [-0.2, 0) is 17.6 Å². The van der Waals surface area contributed by atoms with Gasteiger partial charge in [-0.15, -0.1) is 0 Å². The summed E-state index contributed by atoms with van der Waals surface area (Å²) in [7, 11) is 0. The molecule has 4 nitrogen and oxygen atoms in total. The highest BCUT2D eigenvalue weighted by molar-refractivity contribution is 9.10. The van der Waals surface area contributed by atoms with Crippen LogP contribution in [0.25, 0.3) is 5.65 Å². The molecule has 1 N–H and O–H groups in total. The third-order valence-corrected chi connectivity index (χ3v) is 4.68. The highest BCUT2D eigenvalue weighted by Crippen LogP contribution is 2.13. The summed E-state index contributed by atoms with van der Waals surface area (Å²) in [6.07, 6.45) is 8.29. The first kappa shape index (κ1) is 17.7. The van der Waals surface area contributed by atoms with Crippen molar-refractivity contribution < 1.29 is 4.79 Å². The molecule has 3 aromatic rings. The van der Waals surface area contributed by atoms with Gasteiger partial charge >= 0.3 is 0 Å². The Morgan fingerprint density at radius 1 is 1.08 bits per heavy atom. The molecule has 0 aliphatic rings. The maximum atomic E-state index is 11.9. The van der Waals surface area contributed by atoms with Gasteiger partial charge < -0.3 is 9.72 Å². The minimum atomic E-state index is 0.125. The number of unbranched alkanes of at least 4 members (excludes halogenated alkanes) is 1. The molecule has 1 amide bonds. The number of fused-ring (bicyclic) bond motifs is 1. The number of nitrogens with one attached hydrogen (secondary N) is 1. The molecule has 5 heteroatoms. The van der Waals surface area contributed by atoms with Crippen LogP contribution in [0.3, 0.4) is 0 Å². The molecule has 0 aliphatic carbocycles. The first-order chi connectivity index (χ1) is 12.2. The summed E-state index contributed by atoms with van der Waals surface area (Å²) in [5.74, 6) is 0.125. The van der Waals surface area contributed by atoms with Crippen LogP contribution < -0.4 is 5.32 Å². The lowest BCUT2D eigenvalue weighted by Gasteiger charge is -2.04. The lowest BCUT2D eigenvalue weighted by Crippen LogP contribution is -2.25. The van der Waals surface area contributed by atoms with Crippen molar-refractivity contribution in [1.82, 2.24) is 14.7 Å². The number of aryl methyl sites for hydroxylation is 1. The van der Waals surface area contributed by atoms with Gasteiger partial charge in [0.1, 0.15) is 5.65 Å². The van der Waals surface area contributed by atoms with Gasteiger partial charge in [0.2, 0.25) is 5.91 Å². The van der Waals surface area contributed by atoms with Crippen LogP contribution in [0, 0.1) is 0 Å². The van der Waals surface area contributed by atoms with E-state index in [1.807, 2.05) is 35.0 Å². The first-order valence-electron chi connectivity index (χ1n) is 8.64. The van der Waals surface area contributed by atoms with Gasteiger partial charge in [0.25, 0.3) is 0 Å². The maximum Gasteiger partial charge on any atom is 0.220 e. The second-order valence-corrected chi connectivity index (χ2v) is 7.05. The zero-order valence-corrected chi connectivity index (χ0v) is 15.7. The molecule has 3 rings (SSSR count). The molecule has 0 saturated heterocycles. The quantitative estimate of drug-likeness (QED) is 0.577. The van der Waals surface area contributed by atoms with Crippen LogP contribution in [0.2, 0.25) is 0 Å². The Balaban J connectivity index is 1.32. The summed E-state index contributed by atoms with van der Waals surface area (Å²) in [5, 5.41) is 2.99. The molecule has 1 aromatic carbocycles. The fourth-order valence-electron chi connectivity index (χ4n) is 2.79. The second-order valence-electron chi connectivity index (χ2n) is 6.13. The van der Waals surface area contributed by atoms with E-state index in [2.05, 4.69) is 50.5 Å². The molecule has 0 bridgehead atoms. The molecule has 0 aliphatic heterocycles. The number of pyridine rings is 1. The van der Waals surface area contributed by atoms with Gasteiger partial charge in [-0.2, -0.15) is 0 Å². The van der Waals surface area contributed by atoms with Crippen molar-refractivity contribution in [2.24, 2.45) is 0 Å². The van der Waals surface area contributed by atoms with Gasteiger partial charge in [0.15, 0.2) is 0 Å². The summed E-state index contributed by atoms with van der Waals surface area (Å²) in [6, 6.07) is 14.3. The number of carbonyl (C=O) groups is 1. The Morgan fingerprint density at radius 3 is 2.72 bits per heavy atom. The average molecular weight is 400 g/mol. The zero-order chi connectivity index (χ0) is 17.5. The number of benzene rings is 1. The Labute approximate surface area is 156 Å².